The van der Waals surface area contributed by atoms with E-state index in [9.17, 15) is 4.79 Å². The van der Waals surface area contributed by atoms with Gasteiger partial charge >= 0.3 is 0 Å². The number of dihydropyridines is 1. The molecule has 4 heteroatoms. The van der Waals surface area contributed by atoms with E-state index >= 15 is 0 Å². The smallest absolute Gasteiger partial charge is 0.233 e. The average molecular weight is 201 g/mol. The summed E-state index contributed by atoms with van der Waals surface area (Å²) in [5.41, 5.74) is 5.47. The summed E-state index contributed by atoms with van der Waals surface area (Å²) in [5, 5.41) is 0. The summed E-state index contributed by atoms with van der Waals surface area (Å²) in [6.45, 7) is 0.364. The van der Waals surface area contributed by atoms with Gasteiger partial charge in [-0.2, -0.15) is 0 Å². The van der Waals surface area contributed by atoms with E-state index in [4.69, 9.17) is 5.73 Å². The topological polar surface area (TPSA) is 68.3 Å². The van der Waals surface area contributed by atoms with Gasteiger partial charge in [0.25, 0.3) is 0 Å². The molecular weight excluding hydrogens is 190 g/mol. The maximum atomic E-state index is 11.6. The lowest BCUT2D eigenvalue weighted by Gasteiger charge is -2.27. The van der Waals surface area contributed by atoms with Crippen LogP contribution >= 0.6 is 0 Å². The van der Waals surface area contributed by atoms with Crippen molar-refractivity contribution in [3.8, 4) is 0 Å². The monoisotopic (exact) mass is 201 g/mol. The number of primary amides is 1. The lowest BCUT2D eigenvalue weighted by atomic mass is 9.79. The quantitative estimate of drug-likeness (QED) is 0.754. The van der Waals surface area contributed by atoms with Crippen molar-refractivity contribution in [2.75, 3.05) is 6.54 Å². The van der Waals surface area contributed by atoms with Crippen molar-refractivity contribution in [2.45, 2.75) is 5.41 Å². The molecule has 1 unspecified atom stereocenters. The van der Waals surface area contributed by atoms with Gasteiger partial charge in [0.1, 0.15) is 5.41 Å². The van der Waals surface area contributed by atoms with Crippen LogP contribution in [0.25, 0.3) is 0 Å². The van der Waals surface area contributed by atoms with Gasteiger partial charge in [-0.15, -0.1) is 0 Å². The maximum absolute atomic E-state index is 11.6. The minimum Gasteiger partial charge on any atom is -0.369 e. The Morgan fingerprint density at radius 1 is 1.40 bits per heavy atom. The summed E-state index contributed by atoms with van der Waals surface area (Å²) in [4.78, 5) is 19.6. The average Bonchev–Trinajstić information content (AvgIpc) is 2.31. The predicted molar refractivity (Wildman–Crippen MR) is 57.6 cm³/mol. The Labute approximate surface area is 87.5 Å². The fourth-order valence-corrected chi connectivity index (χ4v) is 1.66. The number of hydrogen-bond donors (Lipinski definition) is 1. The lowest BCUT2D eigenvalue weighted by molar-refractivity contribution is -0.121. The van der Waals surface area contributed by atoms with Crippen LogP contribution in [0.15, 0.2) is 41.7 Å². The highest BCUT2D eigenvalue weighted by Crippen LogP contribution is 2.27. The zero-order valence-corrected chi connectivity index (χ0v) is 8.13. The molecule has 2 heterocycles. The summed E-state index contributed by atoms with van der Waals surface area (Å²) in [6.07, 6.45) is 8.49. The molecule has 0 spiro atoms. The van der Waals surface area contributed by atoms with Gasteiger partial charge in [0.2, 0.25) is 5.91 Å². The van der Waals surface area contributed by atoms with Crippen molar-refractivity contribution < 1.29 is 4.79 Å². The van der Waals surface area contributed by atoms with E-state index < -0.39 is 5.41 Å². The highest BCUT2D eigenvalue weighted by Gasteiger charge is 2.36. The third kappa shape index (κ3) is 1.54. The van der Waals surface area contributed by atoms with E-state index in [0.29, 0.717) is 6.54 Å². The number of carbonyl (C=O) groups is 1. The molecule has 0 saturated carbocycles. The van der Waals surface area contributed by atoms with Crippen molar-refractivity contribution in [3.63, 3.8) is 0 Å². The molecule has 0 aliphatic carbocycles. The Kier molecular flexibility index (Phi) is 2.33. The Balaban J connectivity index is 2.49. The van der Waals surface area contributed by atoms with Gasteiger partial charge in [0.15, 0.2) is 0 Å². The number of hydrogen-bond acceptors (Lipinski definition) is 3. The first kappa shape index (κ1) is 9.58. The molecule has 0 radical (unpaired) electrons. The van der Waals surface area contributed by atoms with Gasteiger partial charge in [0, 0.05) is 18.6 Å². The van der Waals surface area contributed by atoms with Gasteiger partial charge < -0.3 is 5.73 Å². The fourth-order valence-electron chi connectivity index (χ4n) is 1.66. The second kappa shape index (κ2) is 3.65. The largest absolute Gasteiger partial charge is 0.369 e. The molecule has 1 atom stereocenters. The van der Waals surface area contributed by atoms with Crippen LogP contribution in [0.4, 0.5) is 0 Å². The molecule has 15 heavy (non-hydrogen) atoms. The van der Waals surface area contributed by atoms with E-state index in [2.05, 4.69) is 9.98 Å². The molecule has 1 amide bonds. The molecule has 1 aromatic rings. The van der Waals surface area contributed by atoms with Gasteiger partial charge in [-0.1, -0.05) is 6.08 Å². The van der Waals surface area contributed by atoms with Crippen molar-refractivity contribution in [1.82, 2.24) is 4.98 Å². The highest BCUT2D eigenvalue weighted by molar-refractivity contribution is 5.92. The molecule has 1 aromatic heterocycles. The number of aromatic nitrogens is 1. The summed E-state index contributed by atoms with van der Waals surface area (Å²) in [7, 11) is 0. The summed E-state index contributed by atoms with van der Waals surface area (Å²) >= 11 is 0. The number of nitrogens with zero attached hydrogens (tertiary/aromatic N) is 2. The van der Waals surface area contributed by atoms with Gasteiger partial charge in [-0.3, -0.25) is 14.8 Å². The maximum Gasteiger partial charge on any atom is 0.233 e. The molecule has 4 nitrogen and oxygen atoms in total. The predicted octanol–water partition coefficient (Wildman–Crippen LogP) is 0.445. The second-order valence-corrected chi connectivity index (χ2v) is 3.42. The second-order valence-electron chi connectivity index (χ2n) is 3.42. The molecule has 76 valence electrons. The number of nitrogens with two attached hydrogens (primary N) is 1. The zero-order chi connectivity index (χ0) is 10.7. The van der Waals surface area contributed by atoms with Gasteiger partial charge in [0.05, 0.1) is 6.54 Å². The number of pyridine rings is 1. The molecule has 2 rings (SSSR count). The number of amides is 1. The van der Waals surface area contributed by atoms with E-state index in [-0.39, 0.29) is 5.91 Å². The summed E-state index contributed by atoms with van der Waals surface area (Å²) in [6, 6.07) is 3.58. The fraction of sp³-hybridized carbons (Fsp3) is 0.182. The number of rotatable bonds is 2. The molecular formula is C11H11N3O. The van der Waals surface area contributed by atoms with Gasteiger partial charge in [-0.25, -0.2) is 0 Å². The van der Waals surface area contributed by atoms with Crippen molar-refractivity contribution in [2.24, 2.45) is 10.7 Å². The molecule has 0 aromatic carbocycles. The van der Waals surface area contributed by atoms with Crippen LogP contribution in [0.2, 0.25) is 0 Å². The minimum atomic E-state index is -0.808. The Bertz CT molecular complexity index is 425. The Morgan fingerprint density at radius 2 is 2.13 bits per heavy atom. The van der Waals surface area contributed by atoms with Crippen LogP contribution < -0.4 is 5.73 Å². The molecule has 2 N–H and O–H groups in total. The molecule has 0 saturated heterocycles. The standard InChI is InChI=1S/C11H11N3O/c12-10(15)11(4-1-5-14-8-11)9-2-6-13-7-3-9/h1-7H,8H2,(H2,12,15). The van der Waals surface area contributed by atoms with Crippen LogP contribution in [0.1, 0.15) is 5.56 Å². The van der Waals surface area contributed by atoms with Crippen molar-refractivity contribution in [3.05, 3.63) is 42.2 Å². The normalized spacial score (nSPS) is 24.0. The van der Waals surface area contributed by atoms with Crippen molar-refractivity contribution in [1.29, 1.82) is 0 Å². The molecule has 0 fully saturated rings. The number of carbonyl (C=O) groups excluding carboxylic acids is 1. The summed E-state index contributed by atoms with van der Waals surface area (Å²) in [5.74, 6) is -0.387. The third-order valence-corrected chi connectivity index (χ3v) is 2.55. The minimum absolute atomic E-state index is 0.364. The first-order valence-electron chi connectivity index (χ1n) is 4.64. The van der Waals surface area contributed by atoms with Crippen LogP contribution in [-0.2, 0) is 10.2 Å². The van der Waals surface area contributed by atoms with Crippen LogP contribution in [0.3, 0.4) is 0 Å². The van der Waals surface area contributed by atoms with Crippen LogP contribution in [-0.4, -0.2) is 23.7 Å². The molecule has 1 aliphatic heterocycles. The van der Waals surface area contributed by atoms with Crippen LogP contribution in [0, 0.1) is 0 Å². The molecule has 1 aliphatic rings. The summed E-state index contributed by atoms with van der Waals surface area (Å²) < 4.78 is 0. The van der Waals surface area contributed by atoms with E-state index in [1.54, 1.807) is 42.9 Å². The SMILES string of the molecule is NC(=O)C1(c2ccncc2)C=CC=NC1. The Morgan fingerprint density at radius 3 is 2.67 bits per heavy atom. The van der Waals surface area contributed by atoms with Crippen molar-refractivity contribution >= 4 is 12.1 Å². The zero-order valence-electron chi connectivity index (χ0n) is 8.13. The lowest BCUT2D eigenvalue weighted by Crippen LogP contribution is -2.43. The molecule has 0 bridgehead atoms. The highest BCUT2D eigenvalue weighted by atomic mass is 16.1. The Hall–Kier alpha value is -1.97. The van der Waals surface area contributed by atoms with E-state index in [1.165, 1.54) is 0 Å². The first-order chi connectivity index (χ1) is 7.26. The number of allylic oxidation sites excluding steroid dienone is 1. The van der Waals surface area contributed by atoms with E-state index in [1.807, 2.05) is 0 Å². The van der Waals surface area contributed by atoms with Gasteiger partial charge in [-0.05, 0) is 23.8 Å². The van der Waals surface area contributed by atoms with E-state index in [0.717, 1.165) is 5.56 Å². The number of aliphatic imine (C=N–C) groups is 1. The van der Waals surface area contributed by atoms with Crippen LogP contribution in [0.5, 0.6) is 0 Å². The third-order valence-electron chi connectivity index (χ3n) is 2.55. The first-order valence-corrected chi connectivity index (χ1v) is 4.64.